The van der Waals surface area contributed by atoms with Gasteiger partial charge in [0.15, 0.2) is 0 Å². The van der Waals surface area contributed by atoms with E-state index in [-0.39, 0.29) is 29.1 Å². The molecular weight excluding hydrogens is 256 g/mol. The van der Waals surface area contributed by atoms with Crippen molar-refractivity contribution in [1.29, 1.82) is 0 Å². The third kappa shape index (κ3) is 11.8. The lowest BCUT2D eigenvalue weighted by Crippen LogP contribution is -2.08. The maximum absolute atomic E-state index is 11.7. The Morgan fingerprint density at radius 2 is 1.30 bits per heavy atom. The van der Waals surface area contributed by atoms with E-state index in [4.69, 9.17) is 0 Å². The average molecular weight is 282 g/mol. The molecule has 0 heterocycles. The van der Waals surface area contributed by atoms with Crippen LogP contribution in [0.2, 0.25) is 0 Å². The molecule has 1 unspecified atom stereocenters. The van der Waals surface area contributed by atoms with Crippen LogP contribution in [0.4, 0.5) is 0 Å². The van der Waals surface area contributed by atoms with Crippen LogP contribution in [0.15, 0.2) is 0 Å². The van der Waals surface area contributed by atoms with Crippen LogP contribution in [0.5, 0.6) is 0 Å². The van der Waals surface area contributed by atoms with E-state index >= 15 is 0 Å². The molecule has 0 aromatic rings. The van der Waals surface area contributed by atoms with Gasteiger partial charge in [0.1, 0.15) is 23.1 Å². The average Bonchev–Trinajstić information content (AvgIpc) is 2.33. The molecule has 0 aromatic carbocycles. The Hall–Kier alpha value is -1.32. The van der Waals surface area contributed by atoms with Gasteiger partial charge in [0.25, 0.3) is 0 Å². The van der Waals surface area contributed by atoms with E-state index in [1.54, 1.807) is 6.92 Å². The van der Waals surface area contributed by atoms with Crippen molar-refractivity contribution in [2.24, 2.45) is 5.92 Å². The molecule has 4 heteroatoms. The lowest BCUT2D eigenvalue weighted by molar-refractivity contribution is -0.124. The summed E-state index contributed by atoms with van der Waals surface area (Å²) in [6.45, 7) is 5.00. The second-order valence-electron chi connectivity index (χ2n) is 5.68. The fraction of sp³-hybridized carbons (Fsp3) is 0.750. The first-order valence-corrected chi connectivity index (χ1v) is 7.33. The number of hydrogen-bond donors (Lipinski definition) is 0. The molecule has 0 aliphatic carbocycles. The summed E-state index contributed by atoms with van der Waals surface area (Å²) in [7, 11) is 0. The highest BCUT2D eigenvalue weighted by atomic mass is 16.1. The predicted molar refractivity (Wildman–Crippen MR) is 77.5 cm³/mol. The molecule has 0 rings (SSSR count). The Balaban J connectivity index is 3.69. The summed E-state index contributed by atoms with van der Waals surface area (Å²) in [5.74, 6) is 0.604. The molecular formula is C16H26O4. The van der Waals surface area contributed by atoms with Gasteiger partial charge < -0.3 is 9.59 Å². The molecule has 0 saturated carbocycles. The van der Waals surface area contributed by atoms with Crippen molar-refractivity contribution >= 4 is 23.1 Å². The quantitative estimate of drug-likeness (QED) is 0.551. The number of ketones is 4. The Morgan fingerprint density at radius 3 is 1.85 bits per heavy atom. The molecule has 0 radical (unpaired) electrons. The van der Waals surface area contributed by atoms with Crippen LogP contribution in [-0.2, 0) is 19.2 Å². The largest absolute Gasteiger partial charge is 0.300 e. The van der Waals surface area contributed by atoms with Crippen molar-refractivity contribution in [3.8, 4) is 0 Å². The molecule has 4 nitrogen and oxygen atoms in total. The van der Waals surface area contributed by atoms with E-state index in [1.165, 1.54) is 6.92 Å². The number of carbonyl (C=O) groups excluding carboxylic acids is 4. The third-order valence-electron chi connectivity index (χ3n) is 3.23. The zero-order valence-corrected chi connectivity index (χ0v) is 12.9. The van der Waals surface area contributed by atoms with Gasteiger partial charge in [-0.1, -0.05) is 6.92 Å². The first-order valence-electron chi connectivity index (χ1n) is 7.33. The third-order valence-corrected chi connectivity index (χ3v) is 3.23. The maximum Gasteiger partial charge on any atom is 0.133 e. The Morgan fingerprint density at radius 1 is 0.750 bits per heavy atom. The fourth-order valence-corrected chi connectivity index (χ4v) is 1.97. The van der Waals surface area contributed by atoms with Crippen LogP contribution >= 0.6 is 0 Å². The van der Waals surface area contributed by atoms with Crippen molar-refractivity contribution in [3.63, 3.8) is 0 Å². The first-order chi connectivity index (χ1) is 9.31. The van der Waals surface area contributed by atoms with Gasteiger partial charge in [0, 0.05) is 38.5 Å². The Bertz CT molecular complexity index is 357. The fourth-order valence-electron chi connectivity index (χ4n) is 1.97. The smallest absolute Gasteiger partial charge is 0.133 e. The van der Waals surface area contributed by atoms with E-state index in [0.29, 0.717) is 44.9 Å². The highest BCUT2D eigenvalue weighted by molar-refractivity contribution is 5.85. The number of hydrogen-bond acceptors (Lipinski definition) is 4. The van der Waals surface area contributed by atoms with Crippen molar-refractivity contribution < 1.29 is 19.2 Å². The highest BCUT2D eigenvalue weighted by Gasteiger charge is 2.11. The molecule has 0 aliphatic heterocycles. The van der Waals surface area contributed by atoms with Crippen LogP contribution in [0, 0.1) is 5.92 Å². The monoisotopic (exact) mass is 282 g/mol. The lowest BCUT2D eigenvalue weighted by Gasteiger charge is -2.09. The van der Waals surface area contributed by atoms with Crippen molar-refractivity contribution in [3.05, 3.63) is 0 Å². The molecule has 0 fully saturated rings. The van der Waals surface area contributed by atoms with Gasteiger partial charge in [-0.25, -0.2) is 0 Å². The first kappa shape index (κ1) is 18.7. The van der Waals surface area contributed by atoms with Gasteiger partial charge in [-0.2, -0.15) is 0 Å². The molecule has 20 heavy (non-hydrogen) atoms. The van der Waals surface area contributed by atoms with Crippen molar-refractivity contribution in [1.82, 2.24) is 0 Å². The van der Waals surface area contributed by atoms with E-state index in [0.717, 1.165) is 6.42 Å². The standard InChI is InChI=1S/C16H26O4/c1-12(7-8-13(2)17)11-16(20)6-4-5-15(19)10-9-14(3)18/h12H,4-11H2,1-3H3. The number of Topliss-reactive ketones (excluding diaryl/α,β-unsaturated/α-hetero) is 4. The molecule has 0 N–H and O–H groups in total. The second-order valence-corrected chi connectivity index (χ2v) is 5.68. The molecule has 0 aliphatic rings. The Labute approximate surface area is 121 Å². The highest BCUT2D eigenvalue weighted by Crippen LogP contribution is 2.13. The lowest BCUT2D eigenvalue weighted by atomic mass is 9.95. The van der Waals surface area contributed by atoms with Gasteiger partial charge in [-0.05, 0) is 32.6 Å². The molecule has 114 valence electrons. The van der Waals surface area contributed by atoms with Gasteiger partial charge >= 0.3 is 0 Å². The number of carbonyl (C=O) groups is 4. The summed E-state index contributed by atoms with van der Waals surface area (Å²) in [4.78, 5) is 44.7. The molecule has 0 amide bonds. The van der Waals surface area contributed by atoms with Gasteiger partial charge in [0.05, 0.1) is 0 Å². The van der Waals surface area contributed by atoms with E-state index < -0.39 is 0 Å². The van der Waals surface area contributed by atoms with Crippen LogP contribution in [0.25, 0.3) is 0 Å². The predicted octanol–water partition coefficient (Wildman–Crippen LogP) is 3.06. The van der Waals surface area contributed by atoms with Crippen molar-refractivity contribution in [2.45, 2.75) is 72.1 Å². The minimum absolute atomic E-state index is 0.0220. The summed E-state index contributed by atoms with van der Waals surface area (Å²) in [6.07, 6.45) is 3.70. The van der Waals surface area contributed by atoms with Crippen LogP contribution in [0.1, 0.15) is 72.1 Å². The van der Waals surface area contributed by atoms with Gasteiger partial charge in [-0.15, -0.1) is 0 Å². The molecule has 0 spiro atoms. The summed E-state index contributed by atoms with van der Waals surface area (Å²) in [5.41, 5.74) is 0. The van der Waals surface area contributed by atoms with Crippen LogP contribution in [-0.4, -0.2) is 23.1 Å². The van der Waals surface area contributed by atoms with E-state index in [2.05, 4.69) is 0 Å². The normalized spacial score (nSPS) is 11.9. The minimum Gasteiger partial charge on any atom is -0.300 e. The summed E-state index contributed by atoms with van der Waals surface area (Å²) in [5, 5.41) is 0. The summed E-state index contributed by atoms with van der Waals surface area (Å²) >= 11 is 0. The Kier molecular flexibility index (Phi) is 9.77. The molecule has 0 aromatic heterocycles. The van der Waals surface area contributed by atoms with Crippen LogP contribution in [0.3, 0.4) is 0 Å². The minimum atomic E-state index is 0.0220. The van der Waals surface area contributed by atoms with Gasteiger partial charge in [0.2, 0.25) is 0 Å². The molecule has 1 atom stereocenters. The van der Waals surface area contributed by atoms with Crippen molar-refractivity contribution in [2.75, 3.05) is 0 Å². The summed E-state index contributed by atoms with van der Waals surface area (Å²) < 4.78 is 0. The molecule has 0 saturated heterocycles. The zero-order chi connectivity index (χ0) is 15.5. The molecule has 0 bridgehead atoms. The van der Waals surface area contributed by atoms with E-state index in [9.17, 15) is 19.2 Å². The second kappa shape index (κ2) is 10.5. The van der Waals surface area contributed by atoms with E-state index in [1.807, 2.05) is 6.92 Å². The summed E-state index contributed by atoms with van der Waals surface area (Å²) in [6, 6.07) is 0. The van der Waals surface area contributed by atoms with Crippen LogP contribution < -0.4 is 0 Å². The topological polar surface area (TPSA) is 68.3 Å². The number of rotatable bonds is 12. The zero-order valence-electron chi connectivity index (χ0n) is 12.9. The SMILES string of the molecule is CC(=O)CCC(=O)CCCC(=O)CC(C)CCC(C)=O. The van der Waals surface area contributed by atoms with Gasteiger partial charge in [-0.3, -0.25) is 9.59 Å². The maximum atomic E-state index is 11.7.